The maximum Gasteiger partial charge on any atom is 0.425 e. The SMILES string of the molecule is Cn1ccnc1C(O)(CC(=O)NC(c1ccccc1)c1c(O)ccc2ccccc12)C(F)(F)F. The second-order valence-corrected chi connectivity index (χ2v) is 8.03. The van der Waals surface area contributed by atoms with Crippen molar-refractivity contribution < 1.29 is 28.2 Å². The molecule has 1 amide bonds. The lowest BCUT2D eigenvalue weighted by atomic mass is 9.91. The number of phenolic OH excluding ortho intramolecular Hbond substituents is 1. The zero-order valence-electron chi connectivity index (χ0n) is 18.1. The van der Waals surface area contributed by atoms with Gasteiger partial charge in [-0.25, -0.2) is 4.98 Å². The standard InChI is InChI=1S/C25H22F3N3O3/c1-31-14-13-29-23(31)24(34,25(26,27)28)15-20(33)30-22(17-8-3-2-4-9-17)21-18-10-6-5-7-16(18)11-12-19(21)32/h2-14,22,32,34H,15H2,1H3,(H,30,33). The van der Waals surface area contributed by atoms with Gasteiger partial charge in [0.05, 0.1) is 12.5 Å². The second-order valence-electron chi connectivity index (χ2n) is 8.03. The molecule has 0 bridgehead atoms. The van der Waals surface area contributed by atoms with E-state index in [0.29, 0.717) is 16.5 Å². The Kier molecular flexibility index (Phi) is 6.05. The minimum Gasteiger partial charge on any atom is -0.508 e. The van der Waals surface area contributed by atoms with Gasteiger partial charge in [-0.2, -0.15) is 13.2 Å². The number of hydrogen-bond donors (Lipinski definition) is 3. The lowest BCUT2D eigenvalue weighted by Gasteiger charge is -2.30. The van der Waals surface area contributed by atoms with Crippen LogP contribution in [0.4, 0.5) is 13.2 Å². The van der Waals surface area contributed by atoms with E-state index >= 15 is 0 Å². The van der Waals surface area contributed by atoms with Crippen molar-refractivity contribution in [3.05, 3.63) is 96.1 Å². The fourth-order valence-corrected chi connectivity index (χ4v) is 4.07. The number of alkyl halides is 3. The molecule has 1 heterocycles. The number of aromatic nitrogens is 2. The van der Waals surface area contributed by atoms with Crippen molar-refractivity contribution in [1.29, 1.82) is 0 Å². The summed E-state index contributed by atoms with van der Waals surface area (Å²) in [6, 6.07) is 18.0. The number of nitrogens with one attached hydrogen (secondary N) is 1. The Morgan fingerprint density at radius 1 is 1.06 bits per heavy atom. The third-order valence-corrected chi connectivity index (χ3v) is 5.75. The summed E-state index contributed by atoms with van der Waals surface area (Å²) in [7, 11) is 1.30. The summed E-state index contributed by atoms with van der Waals surface area (Å²) in [6.07, 6.45) is -4.10. The largest absolute Gasteiger partial charge is 0.508 e. The summed E-state index contributed by atoms with van der Waals surface area (Å²) in [5, 5.41) is 25.3. The zero-order valence-corrected chi connectivity index (χ0v) is 18.1. The molecule has 6 nitrogen and oxygen atoms in total. The topological polar surface area (TPSA) is 87.4 Å². The van der Waals surface area contributed by atoms with Crippen LogP contribution in [0.1, 0.15) is 29.4 Å². The van der Waals surface area contributed by atoms with Crippen LogP contribution in [-0.2, 0) is 17.4 Å². The number of halogens is 3. The average Bonchev–Trinajstić information content (AvgIpc) is 3.24. The molecule has 0 spiro atoms. The number of carbonyl (C=O) groups is 1. The van der Waals surface area contributed by atoms with E-state index in [1.807, 2.05) is 12.1 Å². The van der Waals surface area contributed by atoms with E-state index < -0.39 is 36.0 Å². The van der Waals surface area contributed by atoms with Gasteiger partial charge in [-0.3, -0.25) is 4.79 Å². The Balaban J connectivity index is 1.76. The van der Waals surface area contributed by atoms with E-state index in [2.05, 4.69) is 10.3 Å². The normalized spacial score (nSPS) is 14.5. The number of fused-ring (bicyclic) bond motifs is 1. The van der Waals surface area contributed by atoms with Crippen LogP contribution < -0.4 is 5.32 Å². The molecule has 2 atom stereocenters. The molecule has 176 valence electrons. The number of imidazole rings is 1. The average molecular weight is 469 g/mol. The maximum atomic E-state index is 13.9. The van der Waals surface area contributed by atoms with Crippen LogP contribution in [0.3, 0.4) is 0 Å². The highest BCUT2D eigenvalue weighted by molar-refractivity contribution is 5.89. The summed E-state index contributed by atoms with van der Waals surface area (Å²) in [5.74, 6) is -1.88. The van der Waals surface area contributed by atoms with E-state index in [0.717, 1.165) is 16.2 Å². The van der Waals surface area contributed by atoms with E-state index in [1.54, 1.807) is 48.5 Å². The lowest BCUT2D eigenvalue weighted by molar-refractivity contribution is -0.271. The van der Waals surface area contributed by atoms with Gasteiger partial charge in [0.25, 0.3) is 0 Å². The van der Waals surface area contributed by atoms with Crippen LogP contribution in [0, 0.1) is 0 Å². The van der Waals surface area contributed by atoms with Gasteiger partial charge in [-0.05, 0) is 22.4 Å². The number of amides is 1. The monoisotopic (exact) mass is 469 g/mol. The summed E-state index contributed by atoms with van der Waals surface area (Å²) in [6.45, 7) is 0. The zero-order chi connectivity index (χ0) is 24.5. The van der Waals surface area contributed by atoms with Gasteiger partial charge in [0.15, 0.2) is 5.82 Å². The Morgan fingerprint density at radius 3 is 2.38 bits per heavy atom. The molecule has 0 saturated carbocycles. The molecular formula is C25H22F3N3O3. The van der Waals surface area contributed by atoms with Gasteiger partial charge in [0.1, 0.15) is 5.75 Å². The van der Waals surface area contributed by atoms with Crippen molar-refractivity contribution in [2.24, 2.45) is 7.05 Å². The van der Waals surface area contributed by atoms with Crippen molar-refractivity contribution in [3.63, 3.8) is 0 Å². The van der Waals surface area contributed by atoms with Gasteiger partial charge < -0.3 is 20.1 Å². The molecule has 0 aliphatic rings. The van der Waals surface area contributed by atoms with Crippen LogP contribution >= 0.6 is 0 Å². The molecule has 0 aliphatic heterocycles. The van der Waals surface area contributed by atoms with Crippen molar-refractivity contribution in [1.82, 2.24) is 14.9 Å². The smallest absolute Gasteiger partial charge is 0.425 e. The van der Waals surface area contributed by atoms with Gasteiger partial charge in [-0.15, -0.1) is 0 Å². The van der Waals surface area contributed by atoms with Gasteiger partial charge >= 0.3 is 6.18 Å². The number of aryl methyl sites for hydroxylation is 1. The van der Waals surface area contributed by atoms with Crippen LogP contribution in [-0.4, -0.2) is 31.8 Å². The predicted molar refractivity (Wildman–Crippen MR) is 120 cm³/mol. The van der Waals surface area contributed by atoms with E-state index in [4.69, 9.17) is 0 Å². The van der Waals surface area contributed by atoms with Crippen molar-refractivity contribution in [2.75, 3.05) is 0 Å². The van der Waals surface area contributed by atoms with E-state index in [-0.39, 0.29) is 5.75 Å². The molecule has 4 aromatic rings. The van der Waals surface area contributed by atoms with Gasteiger partial charge in [-0.1, -0.05) is 60.7 Å². The minimum absolute atomic E-state index is 0.122. The molecule has 9 heteroatoms. The number of nitrogens with zero attached hydrogens (tertiary/aromatic N) is 2. The van der Waals surface area contributed by atoms with Crippen molar-refractivity contribution >= 4 is 16.7 Å². The summed E-state index contributed by atoms with van der Waals surface area (Å²) >= 11 is 0. The number of aromatic hydroxyl groups is 1. The summed E-state index contributed by atoms with van der Waals surface area (Å²) in [5.41, 5.74) is -2.61. The Morgan fingerprint density at radius 2 is 1.74 bits per heavy atom. The number of hydrogen-bond acceptors (Lipinski definition) is 4. The third kappa shape index (κ3) is 4.22. The van der Waals surface area contributed by atoms with Gasteiger partial charge in [0, 0.05) is 25.0 Å². The molecule has 0 saturated heterocycles. The number of phenols is 1. The molecule has 0 fully saturated rings. The molecule has 0 radical (unpaired) electrons. The quantitative estimate of drug-likeness (QED) is 0.393. The predicted octanol–water partition coefficient (Wildman–Crippen LogP) is 4.32. The maximum absolute atomic E-state index is 13.9. The summed E-state index contributed by atoms with van der Waals surface area (Å²) < 4.78 is 42.8. The molecule has 4 rings (SSSR count). The minimum atomic E-state index is -5.16. The third-order valence-electron chi connectivity index (χ3n) is 5.75. The highest BCUT2D eigenvalue weighted by Gasteiger charge is 2.58. The number of rotatable bonds is 6. The molecule has 1 aromatic heterocycles. The van der Waals surface area contributed by atoms with E-state index in [9.17, 15) is 28.2 Å². The van der Waals surface area contributed by atoms with Crippen LogP contribution in [0.5, 0.6) is 5.75 Å². The second kappa shape index (κ2) is 8.83. The van der Waals surface area contributed by atoms with Crippen molar-refractivity contribution in [3.8, 4) is 5.75 Å². The molecule has 3 aromatic carbocycles. The van der Waals surface area contributed by atoms with Gasteiger partial charge in [0.2, 0.25) is 11.5 Å². The fourth-order valence-electron chi connectivity index (χ4n) is 4.07. The van der Waals surface area contributed by atoms with E-state index in [1.165, 1.54) is 19.3 Å². The first-order valence-corrected chi connectivity index (χ1v) is 10.4. The Hall–Kier alpha value is -3.85. The first kappa shape index (κ1) is 23.3. The Labute approximate surface area is 193 Å². The first-order valence-electron chi connectivity index (χ1n) is 10.4. The fraction of sp³-hybridized carbons (Fsp3) is 0.200. The molecule has 3 N–H and O–H groups in total. The molecule has 2 unspecified atom stereocenters. The van der Waals surface area contributed by atoms with Crippen LogP contribution in [0.15, 0.2) is 79.1 Å². The van der Waals surface area contributed by atoms with Crippen molar-refractivity contribution in [2.45, 2.75) is 24.2 Å². The molecule has 34 heavy (non-hydrogen) atoms. The highest BCUT2D eigenvalue weighted by Crippen LogP contribution is 2.41. The highest BCUT2D eigenvalue weighted by atomic mass is 19.4. The molecule has 0 aliphatic carbocycles. The lowest BCUT2D eigenvalue weighted by Crippen LogP contribution is -2.48. The number of aliphatic hydroxyl groups is 1. The van der Waals surface area contributed by atoms with Crippen LogP contribution in [0.2, 0.25) is 0 Å². The summed E-state index contributed by atoms with van der Waals surface area (Å²) in [4.78, 5) is 16.7. The molecular weight excluding hydrogens is 447 g/mol. The number of benzene rings is 3. The van der Waals surface area contributed by atoms with Crippen LogP contribution in [0.25, 0.3) is 10.8 Å². The number of carbonyl (C=O) groups excluding carboxylic acids is 1. The Bertz CT molecular complexity index is 1320. The first-order chi connectivity index (χ1) is 16.1.